The number of hydrogen-bond acceptors (Lipinski definition) is 2. The van der Waals surface area contributed by atoms with Crippen LogP contribution in [0.3, 0.4) is 0 Å². The quantitative estimate of drug-likeness (QED) is 0.607. The zero-order valence-electron chi connectivity index (χ0n) is 8.26. The van der Waals surface area contributed by atoms with Gasteiger partial charge in [-0.15, -0.1) is 12.3 Å². The Labute approximate surface area is 75.7 Å². The van der Waals surface area contributed by atoms with Crippen molar-refractivity contribution in [3.05, 3.63) is 0 Å². The Kier molecular flexibility index (Phi) is 6.84. The summed E-state index contributed by atoms with van der Waals surface area (Å²) in [4.78, 5) is 0. The lowest BCUT2D eigenvalue weighted by Crippen LogP contribution is -2.39. The molecular formula is C10H19NO. The van der Waals surface area contributed by atoms with Gasteiger partial charge in [0.05, 0.1) is 6.10 Å². The number of ether oxygens (including phenoxy) is 1. The van der Waals surface area contributed by atoms with Gasteiger partial charge in [0.1, 0.15) is 0 Å². The van der Waals surface area contributed by atoms with Crippen LogP contribution in [0.1, 0.15) is 26.7 Å². The maximum atomic E-state index is 5.23. The van der Waals surface area contributed by atoms with E-state index in [2.05, 4.69) is 25.1 Å². The highest BCUT2D eigenvalue weighted by Gasteiger charge is 2.13. The van der Waals surface area contributed by atoms with Gasteiger partial charge in [-0.1, -0.05) is 6.92 Å². The lowest BCUT2D eigenvalue weighted by atomic mass is 10.1. The number of hydrogen-bond donors (Lipinski definition) is 1. The molecule has 0 spiro atoms. The fourth-order valence-electron chi connectivity index (χ4n) is 1.17. The summed E-state index contributed by atoms with van der Waals surface area (Å²) in [6.45, 7) is 5.11. The third-order valence-electron chi connectivity index (χ3n) is 2.00. The molecule has 0 aromatic rings. The summed E-state index contributed by atoms with van der Waals surface area (Å²) in [6, 6.07) is 0.385. The van der Waals surface area contributed by atoms with Crippen molar-refractivity contribution >= 4 is 0 Å². The van der Waals surface area contributed by atoms with Crippen LogP contribution in [0.15, 0.2) is 0 Å². The topological polar surface area (TPSA) is 21.3 Å². The molecule has 0 aliphatic rings. The van der Waals surface area contributed by atoms with E-state index in [0.717, 1.165) is 19.4 Å². The second-order valence-corrected chi connectivity index (χ2v) is 2.85. The van der Waals surface area contributed by atoms with Crippen molar-refractivity contribution in [1.82, 2.24) is 5.32 Å². The molecule has 0 radical (unpaired) electrons. The molecule has 0 fully saturated rings. The normalized spacial score (nSPS) is 15.2. The summed E-state index contributed by atoms with van der Waals surface area (Å²) in [7, 11) is 1.73. The third-order valence-corrected chi connectivity index (χ3v) is 2.00. The lowest BCUT2D eigenvalue weighted by Gasteiger charge is -2.22. The van der Waals surface area contributed by atoms with Crippen molar-refractivity contribution in [2.24, 2.45) is 0 Å². The average molecular weight is 169 g/mol. The minimum absolute atomic E-state index is 0.235. The van der Waals surface area contributed by atoms with Crippen molar-refractivity contribution < 1.29 is 4.74 Å². The molecule has 0 aromatic carbocycles. The van der Waals surface area contributed by atoms with Gasteiger partial charge in [0.2, 0.25) is 0 Å². The van der Waals surface area contributed by atoms with E-state index in [1.54, 1.807) is 7.11 Å². The Bertz CT molecular complexity index is 139. The van der Waals surface area contributed by atoms with Gasteiger partial charge in [0.15, 0.2) is 0 Å². The summed E-state index contributed by atoms with van der Waals surface area (Å²) in [5.41, 5.74) is 0. The smallest absolute Gasteiger partial charge is 0.0696 e. The first-order valence-electron chi connectivity index (χ1n) is 4.45. The standard InChI is InChI=1S/C10H19NO/c1-5-7-8-10(11-6-2)9(3)12-4/h1,9-11H,6-8H2,2-4H3. The van der Waals surface area contributed by atoms with E-state index in [1.165, 1.54) is 0 Å². The minimum atomic E-state index is 0.235. The minimum Gasteiger partial charge on any atom is -0.380 e. The molecule has 0 rings (SSSR count). The zero-order valence-corrected chi connectivity index (χ0v) is 8.26. The van der Waals surface area contributed by atoms with Gasteiger partial charge in [-0.2, -0.15) is 0 Å². The van der Waals surface area contributed by atoms with Crippen LogP contribution in [0.5, 0.6) is 0 Å². The molecule has 2 atom stereocenters. The van der Waals surface area contributed by atoms with Crippen LogP contribution in [-0.4, -0.2) is 25.8 Å². The van der Waals surface area contributed by atoms with Crippen LogP contribution in [0.4, 0.5) is 0 Å². The van der Waals surface area contributed by atoms with Crippen molar-refractivity contribution in [1.29, 1.82) is 0 Å². The lowest BCUT2D eigenvalue weighted by molar-refractivity contribution is 0.0812. The molecule has 0 aromatic heterocycles. The Morgan fingerprint density at radius 2 is 2.25 bits per heavy atom. The molecule has 0 bridgehead atoms. The second kappa shape index (κ2) is 7.15. The van der Waals surface area contributed by atoms with Gasteiger partial charge < -0.3 is 10.1 Å². The molecule has 2 nitrogen and oxygen atoms in total. The predicted octanol–water partition coefficient (Wildman–Crippen LogP) is 1.41. The Hall–Kier alpha value is -0.520. The van der Waals surface area contributed by atoms with Gasteiger partial charge in [0.25, 0.3) is 0 Å². The average Bonchev–Trinajstić information content (AvgIpc) is 2.11. The Balaban J connectivity index is 3.78. The maximum Gasteiger partial charge on any atom is 0.0696 e. The summed E-state index contributed by atoms with van der Waals surface area (Å²) >= 11 is 0. The highest BCUT2D eigenvalue weighted by atomic mass is 16.5. The molecule has 12 heavy (non-hydrogen) atoms. The molecule has 0 saturated carbocycles. The van der Waals surface area contributed by atoms with E-state index in [4.69, 9.17) is 11.2 Å². The third kappa shape index (κ3) is 4.38. The maximum absolute atomic E-state index is 5.23. The van der Waals surface area contributed by atoms with Crippen LogP contribution in [0.2, 0.25) is 0 Å². The van der Waals surface area contributed by atoms with Gasteiger partial charge in [-0.3, -0.25) is 0 Å². The van der Waals surface area contributed by atoms with Crippen molar-refractivity contribution in [2.75, 3.05) is 13.7 Å². The fourth-order valence-corrected chi connectivity index (χ4v) is 1.17. The summed E-state index contributed by atoms with van der Waals surface area (Å²) in [5.74, 6) is 2.64. The second-order valence-electron chi connectivity index (χ2n) is 2.85. The number of methoxy groups -OCH3 is 1. The monoisotopic (exact) mass is 169 g/mol. The van der Waals surface area contributed by atoms with E-state index in [0.29, 0.717) is 6.04 Å². The molecule has 0 saturated heterocycles. The molecule has 0 heterocycles. The van der Waals surface area contributed by atoms with E-state index in [9.17, 15) is 0 Å². The van der Waals surface area contributed by atoms with E-state index in [1.807, 2.05) is 0 Å². The van der Waals surface area contributed by atoms with E-state index >= 15 is 0 Å². The SMILES string of the molecule is C#CCCC(NCC)C(C)OC. The number of terminal acetylenes is 1. The number of rotatable bonds is 6. The highest BCUT2D eigenvalue weighted by molar-refractivity contribution is 4.87. The molecule has 0 aliphatic heterocycles. The molecule has 2 heteroatoms. The molecule has 2 unspecified atom stereocenters. The number of nitrogens with one attached hydrogen (secondary N) is 1. The zero-order chi connectivity index (χ0) is 9.40. The van der Waals surface area contributed by atoms with Gasteiger partial charge in [-0.05, 0) is 19.9 Å². The van der Waals surface area contributed by atoms with Gasteiger partial charge in [0, 0.05) is 19.6 Å². The molecule has 0 amide bonds. The van der Waals surface area contributed by atoms with Crippen LogP contribution >= 0.6 is 0 Å². The van der Waals surface area contributed by atoms with Crippen LogP contribution in [0.25, 0.3) is 0 Å². The van der Waals surface area contributed by atoms with Crippen LogP contribution in [0, 0.1) is 12.3 Å². The number of likely N-dealkylation sites (N-methyl/N-ethyl adjacent to an activating group) is 1. The van der Waals surface area contributed by atoms with Crippen LogP contribution < -0.4 is 5.32 Å². The molecule has 70 valence electrons. The van der Waals surface area contributed by atoms with Gasteiger partial charge in [-0.25, -0.2) is 0 Å². The molecule has 1 N–H and O–H groups in total. The Morgan fingerprint density at radius 1 is 1.58 bits per heavy atom. The van der Waals surface area contributed by atoms with Crippen molar-refractivity contribution in [2.45, 2.75) is 38.8 Å². The Morgan fingerprint density at radius 3 is 2.67 bits per heavy atom. The molecular weight excluding hydrogens is 150 g/mol. The first-order chi connectivity index (χ1) is 5.76. The highest BCUT2D eigenvalue weighted by Crippen LogP contribution is 2.04. The van der Waals surface area contributed by atoms with Crippen molar-refractivity contribution in [3.63, 3.8) is 0 Å². The fraction of sp³-hybridized carbons (Fsp3) is 0.800. The first-order valence-corrected chi connectivity index (χ1v) is 4.45. The summed E-state index contributed by atoms with van der Waals surface area (Å²) in [5, 5.41) is 3.35. The predicted molar refractivity (Wildman–Crippen MR) is 52.0 cm³/mol. The van der Waals surface area contributed by atoms with E-state index < -0.39 is 0 Å². The summed E-state index contributed by atoms with van der Waals surface area (Å²) in [6.07, 6.45) is 7.23. The van der Waals surface area contributed by atoms with Crippen molar-refractivity contribution in [3.8, 4) is 12.3 Å². The summed E-state index contributed by atoms with van der Waals surface area (Å²) < 4.78 is 5.23. The first kappa shape index (κ1) is 11.5. The largest absolute Gasteiger partial charge is 0.380 e. The van der Waals surface area contributed by atoms with Crippen LogP contribution in [-0.2, 0) is 4.74 Å². The van der Waals surface area contributed by atoms with E-state index in [-0.39, 0.29) is 6.10 Å². The molecule has 0 aliphatic carbocycles. The van der Waals surface area contributed by atoms with Gasteiger partial charge >= 0.3 is 0 Å².